The summed E-state index contributed by atoms with van der Waals surface area (Å²) in [5, 5.41) is 0. The molecule has 132 valence electrons. The van der Waals surface area contributed by atoms with Crippen molar-refractivity contribution >= 4 is 59.8 Å². The maximum atomic E-state index is 13.1. The average molecular weight is 544 g/mol. The van der Waals surface area contributed by atoms with Crippen molar-refractivity contribution in [2.75, 3.05) is 10.8 Å². The van der Waals surface area contributed by atoms with Gasteiger partial charge >= 0.3 is 15.5 Å². The molecule has 0 fully saturated rings. The van der Waals surface area contributed by atoms with Gasteiger partial charge in [0.25, 0.3) is 0 Å². The Morgan fingerprint density at radius 3 is 2.32 bits per heavy atom. The van der Waals surface area contributed by atoms with Crippen LogP contribution < -0.4 is 4.31 Å². The molecule has 2 aromatic carbocycles. The van der Waals surface area contributed by atoms with Gasteiger partial charge in [0, 0.05) is 19.2 Å². The molecule has 0 unspecified atom stereocenters. The molecule has 0 N–H and O–H groups in total. The van der Waals surface area contributed by atoms with E-state index in [0.717, 1.165) is 11.1 Å². The van der Waals surface area contributed by atoms with Crippen LogP contribution in [0, 0.1) is 0 Å². The molecule has 3 nitrogen and oxygen atoms in total. The van der Waals surface area contributed by atoms with Crippen molar-refractivity contribution < 1.29 is 21.6 Å². The lowest BCUT2D eigenvalue weighted by atomic mass is 9.94. The number of halogens is 5. The minimum absolute atomic E-state index is 0.0137. The zero-order chi connectivity index (χ0) is 18.4. The van der Waals surface area contributed by atoms with Crippen LogP contribution in [0.15, 0.2) is 56.6 Å². The van der Waals surface area contributed by atoms with Crippen LogP contribution >= 0.6 is 38.5 Å². The van der Waals surface area contributed by atoms with Crippen molar-refractivity contribution in [3.05, 3.63) is 67.7 Å². The Hall–Kier alpha value is -1.07. The molecule has 2 aromatic rings. The Morgan fingerprint density at radius 2 is 1.72 bits per heavy atom. The number of fused-ring (bicyclic) bond motifs is 1. The van der Waals surface area contributed by atoms with E-state index in [4.69, 9.17) is 0 Å². The van der Waals surface area contributed by atoms with E-state index in [9.17, 15) is 21.6 Å². The van der Waals surface area contributed by atoms with Crippen molar-refractivity contribution in [2.24, 2.45) is 0 Å². The van der Waals surface area contributed by atoms with E-state index in [1.54, 1.807) is 6.07 Å². The molecule has 0 amide bonds. The normalized spacial score (nSPS) is 15.3. The van der Waals surface area contributed by atoms with Crippen LogP contribution in [0.2, 0.25) is 0 Å². The van der Waals surface area contributed by atoms with Gasteiger partial charge in [0.2, 0.25) is 0 Å². The predicted octanol–water partition coefficient (Wildman–Crippen LogP) is 5.31. The fourth-order valence-electron chi connectivity index (χ4n) is 2.62. The number of benzene rings is 2. The van der Waals surface area contributed by atoms with Gasteiger partial charge in [-0.1, -0.05) is 46.3 Å². The van der Waals surface area contributed by atoms with E-state index >= 15 is 0 Å². The van der Waals surface area contributed by atoms with Crippen molar-refractivity contribution in [3.63, 3.8) is 0 Å². The maximum absolute atomic E-state index is 13.1. The summed E-state index contributed by atoms with van der Waals surface area (Å²) in [5.41, 5.74) is -3.37. The third-order valence-electron chi connectivity index (χ3n) is 3.70. The van der Waals surface area contributed by atoms with Crippen LogP contribution in [-0.4, -0.2) is 20.5 Å². The molecule has 1 aliphatic rings. The van der Waals surface area contributed by atoms with Gasteiger partial charge in [-0.3, -0.25) is 4.31 Å². The van der Waals surface area contributed by atoms with Crippen molar-refractivity contribution in [3.8, 4) is 0 Å². The Morgan fingerprint density at radius 1 is 1.08 bits per heavy atom. The number of sulfonamides is 1. The minimum Gasteiger partial charge on any atom is -0.257 e. The lowest BCUT2D eigenvalue weighted by molar-refractivity contribution is -0.0437. The minimum atomic E-state index is -5.49. The fourth-order valence-corrected chi connectivity index (χ4v) is 5.12. The molecular weight excluding hydrogens is 534 g/mol. The molecule has 0 radical (unpaired) electrons. The van der Waals surface area contributed by atoms with E-state index in [1.807, 2.05) is 52.9 Å². The van der Waals surface area contributed by atoms with Gasteiger partial charge in [-0.05, 0) is 46.4 Å². The van der Waals surface area contributed by atoms with E-state index in [-0.39, 0.29) is 12.2 Å². The quantitative estimate of drug-likeness (QED) is 0.481. The second kappa shape index (κ2) is 6.58. The van der Waals surface area contributed by atoms with Gasteiger partial charge in [0.05, 0.1) is 12.2 Å². The summed E-state index contributed by atoms with van der Waals surface area (Å²) >= 11 is 5.21. The van der Waals surface area contributed by atoms with Crippen molar-refractivity contribution in [2.45, 2.75) is 5.51 Å². The van der Waals surface area contributed by atoms with Crippen LogP contribution in [0.1, 0.15) is 11.1 Å². The summed E-state index contributed by atoms with van der Waals surface area (Å²) < 4.78 is 64.8. The fraction of sp³-hybridized carbons (Fsp3) is 0.125. The molecule has 9 heteroatoms. The van der Waals surface area contributed by atoms with Gasteiger partial charge < -0.3 is 0 Å². The summed E-state index contributed by atoms with van der Waals surface area (Å²) in [6.07, 6.45) is 0. The molecule has 1 heterocycles. The first-order chi connectivity index (χ1) is 11.6. The van der Waals surface area contributed by atoms with Crippen LogP contribution in [0.5, 0.6) is 0 Å². The topological polar surface area (TPSA) is 37.4 Å². The second-order valence-corrected chi connectivity index (χ2v) is 9.34. The molecule has 0 spiro atoms. The number of anilines is 1. The van der Waals surface area contributed by atoms with Gasteiger partial charge in [-0.25, -0.2) is 0 Å². The molecular formula is C16H10BrF3INO2S. The first kappa shape index (κ1) is 18.7. The zero-order valence-corrected chi connectivity index (χ0v) is 16.9. The van der Waals surface area contributed by atoms with E-state index in [0.29, 0.717) is 17.9 Å². The van der Waals surface area contributed by atoms with Gasteiger partial charge in [0.15, 0.2) is 0 Å². The monoisotopic (exact) mass is 543 g/mol. The lowest BCUT2D eigenvalue weighted by Gasteiger charge is -2.32. The molecule has 0 aromatic heterocycles. The van der Waals surface area contributed by atoms with E-state index in [2.05, 4.69) is 15.9 Å². The van der Waals surface area contributed by atoms with Crippen LogP contribution in [0.25, 0.3) is 5.57 Å². The number of rotatable bonds is 2. The summed E-state index contributed by atoms with van der Waals surface area (Å²) in [7, 11) is -5.49. The smallest absolute Gasteiger partial charge is 0.257 e. The van der Waals surface area contributed by atoms with E-state index in [1.165, 1.54) is 12.1 Å². The van der Waals surface area contributed by atoms with Gasteiger partial charge in [-0.15, -0.1) is 0 Å². The van der Waals surface area contributed by atoms with Crippen molar-refractivity contribution in [1.29, 1.82) is 0 Å². The lowest BCUT2D eigenvalue weighted by Crippen LogP contribution is -2.43. The third kappa shape index (κ3) is 3.33. The molecule has 0 aliphatic carbocycles. The van der Waals surface area contributed by atoms with Gasteiger partial charge in [-0.2, -0.15) is 21.6 Å². The SMILES string of the molecule is O=S(=O)(N1CC(I)=C(c2ccccc2)c2cc(Br)ccc21)C(F)(F)F. The highest BCUT2D eigenvalue weighted by molar-refractivity contribution is 14.1. The summed E-state index contributed by atoms with van der Waals surface area (Å²) in [4.78, 5) is 0. The first-order valence-electron chi connectivity index (χ1n) is 6.96. The Kier molecular flexibility index (Phi) is 4.93. The third-order valence-corrected chi connectivity index (χ3v) is 6.56. The molecule has 0 saturated carbocycles. The standard InChI is InChI=1S/C16H10BrF3INO2S/c17-11-6-7-14-12(8-11)15(10-4-2-1-3-5-10)13(21)9-22(14)25(23,24)16(18,19)20/h1-8H,9H2. The molecule has 3 rings (SSSR count). The highest BCUT2D eigenvalue weighted by atomic mass is 127. The molecule has 1 aliphatic heterocycles. The summed E-state index contributed by atoms with van der Waals surface area (Å²) in [6, 6.07) is 13.7. The predicted molar refractivity (Wildman–Crippen MR) is 103 cm³/mol. The Balaban J connectivity index is 2.26. The summed E-state index contributed by atoms with van der Waals surface area (Å²) in [6.45, 7) is -0.360. The first-order valence-corrected chi connectivity index (χ1v) is 10.3. The van der Waals surface area contributed by atoms with Crippen LogP contribution in [-0.2, 0) is 10.0 Å². The molecule has 0 bridgehead atoms. The number of hydrogen-bond acceptors (Lipinski definition) is 2. The average Bonchev–Trinajstić information content (AvgIpc) is 2.53. The van der Waals surface area contributed by atoms with Crippen LogP contribution in [0.4, 0.5) is 18.9 Å². The van der Waals surface area contributed by atoms with Crippen molar-refractivity contribution in [1.82, 2.24) is 0 Å². The second-order valence-electron chi connectivity index (χ2n) is 5.26. The zero-order valence-electron chi connectivity index (χ0n) is 12.4. The number of hydrogen-bond donors (Lipinski definition) is 0. The molecule has 25 heavy (non-hydrogen) atoms. The molecule has 0 atom stereocenters. The Bertz CT molecular complexity index is 959. The number of nitrogens with zero attached hydrogens (tertiary/aromatic N) is 1. The highest BCUT2D eigenvalue weighted by Gasteiger charge is 2.51. The molecule has 0 saturated heterocycles. The van der Waals surface area contributed by atoms with Gasteiger partial charge in [0.1, 0.15) is 0 Å². The summed E-state index contributed by atoms with van der Waals surface area (Å²) in [5.74, 6) is 0. The maximum Gasteiger partial charge on any atom is 0.516 e. The Labute approximate surface area is 164 Å². The van der Waals surface area contributed by atoms with Crippen LogP contribution in [0.3, 0.4) is 0 Å². The van der Waals surface area contributed by atoms with E-state index < -0.39 is 15.5 Å². The highest BCUT2D eigenvalue weighted by Crippen LogP contribution is 2.45. The number of alkyl halides is 3. The largest absolute Gasteiger partial charge is 0.516 e.